The predicted molar refractivity (Wildman–Crippen MR) is 82.9 cm³/mol. The summed E-state index contributed by atoms with van der Waals surface area (Å²) in [5.41, 5.74) is -1.30. The summed E-state index contributed by atoms with van der Waals surface area (Å²) in [6.07, 6.45) is 8.64. The van der Waals surface area contributed by atoms with Crippen molar-refractivity contribution in [3.8, 4) is 0 Å². The highest BCUT2D eigenvalue weighted by Gasteiger charge is 2.28. The summed E-state index contributed by atoms with van der Waals surface area (Å²) in [5.74, 6) is 0.00633. The molecule has 0 saturated carbocycles. The number of likely N-dealkylation sites (tertiary alicyclic amines) is 1. The van der Waals surface area contributed by atoms with E-state index in [-0.39, 0.29) is 24.9 Å². The average molecular weight is 317 g/mol. The fourth-order valence-corrected chi connectivity index (χ4v) is 2.98. The van der Waals surface area contributed by atoms with E-state index in [0.29, 0.717) is 6.54 Å². The number of aryl methyl sites for hydroxylation is 1. The van der Waals surface area contributed by atoms with Crippen molar-refractivity contribution in [1.82, 2.24) is 24.2 Å². The molecule has 1 fully saturated rings. The molecule has 1 aliphatic rings. The predicted octanol–water partition coefficient (Wildman–Crippen LogP) is -0.186. The van der Waals surface area contributed by atoms with E-state index < -0.39 is 11.1 Å². The maximum absolute atomic E-state index is 12.4. The highest BCUT2D eigenvalue weighted by Crippen LogP contribution is 2.19. The second kappa shape index (κ2) is 6.64. The second-order valence-electron chi connectivity index (χ2n) is 5.65. The van der Waals surface area contributed by atoms with E-state index in [1.54, 1.807) is 6.20 Å². The van der Waals surface area contributed by atoms with Crippen LogP contribution in [0.5, 0.6) is 0 Å². The van der Waals surface area contributed by atoms with E-state index in [2.05, 4.69) is 10.1 Å². The van der Waals surface area contributed by atoms with Crippen LogP contribution < -0.4 is 11.1 Å². The van der Waals surface area contributed by atoms with Crippen molar-refractivity contribution in [3.05, 3.63) is 51.6 Å². The minimum atomic E-state index is -0.669. The number of H-pyrrole nitrogens is 1. The van der Waals surface area contributed by atoms with Crippen LogP contribution in [0.25, 0.3) is 0 Å². The van der Waals surface area contributed by atoms with Crippen LogP contribution in [0.2, 0.25) is 0 Å². The van der Waals surface area contributed by atoms with Crippen molar-refractivity contribution >= 4 is 5.91 Å². The molecule has 0 bridgehead atoms. The molecule has 3 heterocycles. The van der Waals surface area contributed by atoms with E-state index in [1.807, 2.05) is 21.8 Å². The first-order valence-electron chi connectivity index (χ1n) is 7.70. The average Bonchev–Trinajstić information content (AvgIpc) is 3.21. The zero-order valence-corrected chi connectivity index (χ0v) is 12.7. The molecule has 8 heteroatoms. The molecule has 0 aliphatic carbocycles. The van der Waals surface area contributed by atoms with Gasteiger partial charge in [-0.3, -0.25) is 19.1 Å². The molecule has 23 heavy (non-hydrogen) atoms. The van der Waals surface area contributed by atoms with Gasteiger partial charge in [0, 0.05) is 44.3 Å². The van der Waals surface area contributed by atoms with Crippen LogP contribution in [0.1, 0.15) is 19.3 Å². The zero-order valence-electron chi connectivity index (χ0n) is 12.7. The third-order valence-corrected chi connectivity index (χ3v) is 4.15. The molecular formula is C15H19N5O3. The molecule has 0 spiro atoms. The van der Waals surface area contributed by atoms with Crippen LogP contribution in [-0.4, -0.2) is 42.7 Å². The quantitative estimate of drug-likeness (QED) is 0.774. The summed E-state index contributed by atoms with van der Waals surface area (Å²) in [4.78, 5) is 39.6. The first-order valence-corrected chi connectivity index (χ1v) is 7.70. The standard InChI is InChI=1S/C15H19N5O3/c21-13(4-9-18-10-6-16-14(22)15(18)23)20-8-1-3-12(20)11-19-7-2-5-17-19/h2,5-7,10,12H,1,3-4,8-9,11H2,(H,16,22)/t12-/m0/s1. The lowest BCUT2D eigenvalue weighted by molar-refractivity contribution is -0.132. The largest absolute Gasteiger partial charge is 0.338 e. The Balaban J connectivity index is 1.62. The Labute approximate surface area is 132 Å². The lowest BCUT2D eigenvalue weighted by Gasteiger charge is -2.25. The SMILES string of the molecule is O=C(CCn1cc[nH]c(=O)c1=O)N1CCC[C@H]1Cn1cccn1. The van der Waals surface area contributed by atoms with Crippen LogP contribution >= 0.6 is 0 Å². The number of nitrogens with one attached hydrogen (secondary N) is 1. The Hall–Kier alpha value is -2.64. The van der Waals surface area contributed by atoms with Gasteiger partial charge in [-0.15, -0.1) is 0 Å². The number of carbonyl (C=O) groups excluding carboxylic acids is 1. The Bertz CT molecular complexity index is 777. The van der Waals surface area contributed by atoms with Gasteiger partial charge < -0.3 is 14.5 Å². The summed E-state index contributed by atoms with van der Waals surface area (Å²) < 4.78 is 3.10. The van der Waals surface area contributed by atoms with E-state index >= 15 is 0 Å². The molecule has 1 atom stereocenters. The van der Waals surface area contributed by atoms with Crippen molar-refractivity contribution < 1.29 is 4.79 Å². The molecular weight excluding hydrogens is 298 g/mol. The van der Waals surface area contributed by atoms with Gasteiger partial charge in [0.2, 0.25) is 5.91 Å². The summed E-state index contributed by atoms with van der Waals surface area (Å²) in [6.45, 7) is 1.63. The first kappa shape index (κ1) is 15.3. The molecule has 122 valence electrons. The summed E-state index contributed by atoms with van der Waals surface area (Å²) in [5, 5.41) is 4.18. The highest BCUT2D eigenvalue weighted by atomic mass is 16.2. The molecule has 2 aromatic heterocycles. The van der Waals surface area contributed by atoms with Crippen molar-refractivity contribution in [2.75, 3.05) is 6.54 Å². The van der Waals surface area contributed by atoms with Crippen molar-refractivity contribution in [1.29, 1.82) is 0 Å². The Morgan fingerprint density at radius 1 is 1.35 bits per heavy atom. The Morgan fingerprint density at radius 2 is 2.22 bits per heavy atom. The number of amides is 1. The van der Waals surface area contributed by atoms with E-state index in [0.717, 1.165) is 19.4 Å². The van der Waals surface area contributed by atoms with Crippen LogP contribution in [0, 0.1) is 0 Å². The lowest BCUT2D eigenvalue weighted by atomic mass is 10.2. The third-order valence-electron chi connectivity index (χ3n) is 4.15. The van der Waals surface area contributed by atoms with Gasteiger partial charge in [-0.25, -0.2) is 0 Å². The molecule has 0 radical (unpaired) electrons. The van der Waals surface area contributed by atoms with Gasteiger partial charge in [-0.1, -0.05) is 0 Å². The third kappa shape index (κ3) is 3.41. The molecule has 1 saturated heterocycles. The zero-order chi connectivity index (χ0) is 16.2. The fourth-order valence-electron chi connectivity index (χ4n) is 2.98. The van der Waals surface area contributed by atoms with Gasteiger partial charge in [0.15, 0.2) is 0 Å². The molecule has 3 rings (SSSR count). The Kier molecular flexibility index (Phi) is 4.40. The number of nitrogens with zero attached hydrogens (tertiary/aromatic N) is 4. The first-order chi connectivity index (χ1) is 11.1. The maximum Gasteiger partial charge on any atom is 0.316 e. The van der Waals surface area contributed by atoms with Gasteiger partial charge in [0.25, 0.3) is 0 Å². The molecule has 8 nitrogen and oxygen atoms in total. The molecule has 1 amide bonds. The molecule has 0 aromatic carbocycles. The number of hydrogen-bond donors (Lipinski definition) is 1. The number of rotatable bonds is 5. The van der Waals surface area contributed by atoms with Gasteiger partial charge in [0.05, 0.1) is 12.6 Å². The molecule has 0 unspecified atom stereocenters. The monoisotopic (exact) mass is 317 g/mol. The number of aromatic amines is 1. The van der Waals surface area contributed by atoms with Crippen molar-refractivity contribution in [2.24, 2.45) is 0 Å². The molecule has 1 N–H and O–H groups in total. The van der Waals surface area contributed by atoms with Crippen molar-refractivity contribution in [2.45, 2.75) is 38.4 Å². The fraction of sp³-hybridized carbons (Fsp3) is 0.467. The van der Waals surface area contributed by atoms with Crippen LogP contribution in [0.3, 0.4) is 0 Å². The van der Waals surface area contributed by atoms with Gasteiger partial charge in [-0.05, 0) is 18.9 Å². The minimum Gasteiger partial charge on any atom is -0.338 e. The number of carbonyl (C=O) groups is 1. The summed E-state index contributed by atoms with van der Waals surface area (Å²) >= 11 is 0. The van der Waals surface area contributed by atoms with Crippen LogP contribution in [0.4, 0.5) is 0 Å². The second-order valence-corrected chi connectivity index (χ2v) is 5.65. The number of hydrogen-bond acceptors (Lipinski definition) is 4. The molecule has 2 aromatic rings. The van der Waals surface area contributed by atoms with E-state index in [1.165, 1.54) is 17.0 Å². The minimum absolute atomic E-state index is 0.00633. The van der Waals surface area contributed by atoms with Gasteiger partial charge in [0.1, 0.15) is 0 Å². The summed E-state index contributed by atoms with van der Waals surface area (Å²) in [7, 11) is 0. The maximum atomic E-state index is 12.4. The number of aromatic nitrogens is 4. The Morgan fingerprint density at radius 3 is 3.00 bits per heavy atom. The van der Waals surface area contributed by atoms with Crippen molar-refractivity contribution in [3.63, 3.8) is 0 Å². The lowest BCUT2D eigenvalue weighted by Crippen LogP contribution is -2.40. The van der Waals surface area contributed by atoms with Gasteiger partial charge in [-0.2, -0.15) is 5.10 Å². The van der Waals surface area contributed by atoms with Crippen LogP contribution in [0.15, 0.2) is 40.4 Å². The highest BCUT2D eigenvalue weighted by molar-refractivity contribution is 5.76. The molecule has 1 aliphatic heterocycles. The van der Waals surface area contributed by atoms with Crippen LogP contribution in [-0.2, 0) is 17.9 Å². The van der Waals surface area contributed by atoms with E-state index in [9.17, 15) is 14.4 Å². The topological polar surface area (TPSA) is 93.0 Å². The smallest absolute Gasteiger partial charge is 0.316 e. The van der Waals surface area contributed by atoms with E-state index in [4.69, 9.17) is 0 Å². The normalized spacial score (nSPS) is 17.6. The van der Waals surface area contributed by atoms with Gasteiger partial charge >= 0.3 is 11.1 Å². The summed E-state index contributed by atoms with van der Waals surface area (Å²) in [6, 6.07) is 2.00.